The second-order valence-electron chi connectivity index (χ2n) is 6.10. The van der Waals surface area contributed by atoms with E-state index in [1.165, 1.54) is 25.9 Å². The number of nitrogens with zero attached hydrogens (tertiary/aromatic N) is 3. The van der Waals surface area contributed by atoms with Gasteiger partial charge in [-0.1, -0.05) is 6.07 Å². The maximum Gasteiger partial charge on any atom is 0.269 e. The molecule has 0 saturated carbocycles. The zero-order valence-electron chi connectivity index (χ0n) is 12.3. The first-order valence-electron chi connectivity index (χ1n) is 7.79. The van der Waals surface area contributed by atoms with E-state index in [2.05, 4.69) is 25.4 Å². The minimum absolute atomic E-state index is 0.0755. The highest BCUT2D eigenvalue weighted by atomic mass is 16.2. The lowest BCUT2D eigenvalue weighted by atomic mass is 9.84. The molecule has 1 amide bonds. The maximum absolute atomic E-state index is 12.4. The number of hydrogen-bond acceptors (Lipinski definition) is 4. The molecular formula is C16H19N5O. The topological polar surface area (TPSA) is 73.9 Å². The SMILES string of the molecule is O=C(N[C@@H]1CN2CCC1CC2)c1cc(-c2ccccn2)n[nH]1. The number of aromatic amines is 1. The second-order valence-corrected chi connectivity index (χ2v) is 6.10. The van der Waals surface area contributed by atoms with Gasteiger partial charge in [0.05, 0.1) is 5.69 Å². The molecule has 3 saturated heterocycles. The molecule has 1 atom stereocenters. The summed E-state index contributed by atoms with van der Waals surface area (Å²) in [5.74, 6) is 0.542. The summed E-state index contributed by atoms with van der Waals surface area (Å²) in [6.07, 6.45) is 4.09. The number of rotatable bonds is 3. The van der Waals surface area contributed by atoms with Gasteiger partial charge in [-0.3, -0.25) is 14.9 Å². The van der Waals surface area contributed by atoms with Gasteiger partial charge in [-0.15, -0.1) is 0 Å². The van der Waals surface area contributed by atoms with Gasteiger partial charge in [0.1, 0.15) is 11.4 Å². The molecule has 6 heteroatoms. The molecule has 2 N–H and O–H groups in total. The molecule has 6 nitrogen and oxygen atoms in total. The van der Waals surface area contributed by atoms with E-state index in [0.29, 0.717) is 17.3 Å². The van der Waals surface area contributed by atoms with Crippen LogP contribution in [0.4, 0.5) is 0 Å². The summed E-state index contributed by atoms with van der Waals surface area (Å²) in [4.78, 5) is 19.1. The Balaban J connectivity index is 1.46. The van der Waals surface area contributed by atoms with Gasteiger partial charge in [-0.05, 0) is 50.0 Å². The summed E-state index contributed by atoms with van der Waals surface area (Å²) in [7, 11) is 0. The van der Waals surface area contributed by atoms with Crippen molar-refractivity contribution in [1.82, 2.24) is 25.4 Å². The second kappa shape index (κ2) is 5.53. The van der Waals surface area contributed by atoms with Crippen molar-refractivity contribution < 1.29 is 4.79 Å². The molecule has 3 aliphatic rings. The number of piperidine rings is 3. The fourth-order valence-corrected chi connectivity index (χ4v) is 3.46. The summed E-state index contributed by atoms with van der Waals surface area (Å²) >= 11 is 0. The quantitative estimate of drug-likeness (QED) is 0.895. The first-order chi connectivity index (χ1) is 10.8. The van der Waals surface area contributed by atoms with Crippen LogP contribution in [0.2, 0.25) is 0 Å². The summed E-state index contributed by atoms with van der Waals surface area (Å²) < 4.78 is 0. The van der Waals surface area contributed by atoms with Crippen molar-refractivity contribution >= 4 is 5.91 Å². The summed E-state index contributed by atoms with van der Waals surface area (Å²) in [6, 6.07) is 7.67. The van der Waals surface area contributed by atoms with E-state index in [1.54, 1.807) is 12.3 Å². The molecule has 3 aliphatic heterocycles. The van der Waals surface area contributed by atoms with E-state index in [-0.39, 0.29) is 11.9 Å². The van der Waals surface area contributed by atoms with Crippen molar-refractivity contribution in [1.29, 1.82) is 0 Å². The number of amides is 1. The maximum atomic E-state index is 12.4. The zero-order valence-corrected chi connectivity index (χ0v) is 12.3. The van der Waals surface area contributed by atoms with Crippen LogP contribution in [-0.4, -0.2) is 51.7 Å². The van der Waals surface area contributed by atoms with Crippen molar-refractivity contribution in [3.05, 3.63) is 36.2 Å². The Bertz CT molecular complexity index is 660. The Morgan fingerprint density at radius 2 is 2.14 bits per heavy atom. The predicted molar refractivity (Wildman–Crippen MR) is 82.2 cm³/mol. The summed E-state index contributed by atoms with van der Waals surface area (Å²) in [5, 5.41) is 10.2. The largest absolute Gasteiger partial charge is 0.346 e. The van der Waals surface area contributed by atoms with Crippen molar-refractivity contribution in [2.45, 2.75) is 18.9 Å². The molecule has 3 fully saturated rings. The number of hydrogen-bond donors (Lipinski definition) is 2. The molecule has 5 rings (SSSR count). The first kappa shape index (κ1) is 13.5. The predicted octanol–water partition coefficient (Wildman–Crippen LogP) is 1.30. The fourth-order valence-electron chi connectivity index (χ4n) is 3.46. The lowest BCUT2D eigenvalue weighted by Crippen LogP contribution is -2.57. The monoisotopic (exact) mass is 297 g/mol. The van der Waals surface area contributed by atoms with E-state index in [9.17, 15) is 4.79 Å². The number of pyridine rings is 1. The smallest absolute Gasteiger partial charge is 0.269 e. The minimum atomic E-state index is -0.0755. The normalized spacial score (nSPS) is 26.8. The van der Waals surface area contributed by atoms with Gasteiger partial charge in [0, 0.05) is 18.8 Å². The van der Waals surface area contributed by atoms with Crippen LogP contribution in [0.5, 0.6) is 0 Å². The molecule has 22 heavy (non-hydrogen) atoms. The number of carbonyl (C=O) groups excluding carboxylic acids is 1. The van der Waals surface area contributed by atoms with Gasteiger partial charge >= 0.3 is 0 Å². The van der Waals surface area contributed by atoms with Crippen molar-refractivity contribution in [2.75, 3.05) is 19.6 Å². The molecule has 0 aliphatic carbocycles. The van der Waals surface area contributed by atoms with Crippen LogP contribution in [0.25, 0.3) is 11.4 Å². The van der Waals surface area contributed by atoms with Crippen molar-refractivity contribution in [3.63, 3.8) is 0 Å². The highest BCUT2D eigenvalue weighted by Gasteiger charge is 2.35. The van der Waals surface area contributed by atoms with Crippen molar-refractivity contribution in [3.8, 4) is 11.4 Å². The Hall–Kier alpha value is -2.21. The fraction of sp³-hybridized carbons (Fsp3) is 0.438. The van der Waals surface area contributed by atoms with Crippen LogP contribution < -0.4 is 5.32 Å². The highest BCUT2D eigenvalue weighted by molar-refractivity contribution is 5.93. The van der Waals surface area contributed by atoms with Crippen LogP contribution in [0.3, 0.4) is 0 Å². The number of fused-ring (bicyclic) bond motifs is 3. The lowest BCUT2D eigenvalue weighted by Gasteiger charge is -2.44. The molecule has 2 aromatic rings. The molecule has 2 bridgehead atoms. The van der Waals surface area contributed by atoms with Gasteiger partial charge < -0.3 is 10.2 Å². The van der Waals surface area contributed by atoms with Crippen LogP contribution >= 0.6 is 0 Å². The van der Waals surface area contributed by atoms with E-state index in [0.717, 1.165) is 12.2 Å². The first-order valence-corrected chi connectivity index (χ1v) is 7.79. The Morgan fingerprint density at radius 3 is 2.82 bits per heavy atom. The molecule has 0 radical (unpaired) electrons. The summed E-state index contributed by atoms with van der Waals surface area (Å²) in [6.45, 7) is 3.31. The van der Waals surface area contributed by atoms with Gasteiger partial charge in [0.2, 0.25) is 0 Å². The average Bonchev–Trinajstić information content (AvgIpc) is 3.07. The van der Waals surface area contributed by atoms with Crippen LogP contribution in [0.15, 0.2) is 30.5 Å². The van der Waals surface area contributed by atoms with E-state index in [4.69, 9.17) is 0 Å². The molecule has 5 heterocycles. The lowest BCUT2D eigenvalue weighted by molar-refractivity contribution is 0.0618. The molecule has 0 unspecified atom stereocenters. The van der Waals surface area contributed by atoms with Gasteiger partial charge in [0.15, 0.2) is 0 Å². The van der Waals surface area contributed by atoms with Crippen LogP contribution in [-0.2, 0) is 0 Å². The number of carbonyl (C=O) groups is 1. The molecule has 2 aromatic heterocycles. The Kier molecular flexibility index (Phi) is 3.38. The molecular weight excluding hydrogens is 278 g/mol. The number of aromatic nitrogens is 3. The highest BCUT2D eigenvalue weighted by Crippen LogP contribution is 2.27. The van der Waals surface area contributed by atoms with Gasteiger partial charge in [-0.25, -0.2) is 0 Å². The van der Waals surface area contributed by atoms with Crippen molar-refractivity contribution in [2.24, 2.45) is 5.92 Å². The zero-order chi connectivity index (χ0) is 14.9. The molecule has 114 valence electrons. The Morgan fingerprint density at radius 1 is 1.27 bits per heavy atom. The van der Waals surface area contributed by atoms with E-state index in [1.807, 2.05) is 18.2 Å². The minimum Gasteiger partial charge on any atom is -0.346 e. The summed E-state index contributed by atoms with van der Waals surface area (Å²) in [5.41, 5.74) is 1.96. The molecule has 0 aromatic carbocycles. The average molecular weight is 297 g/mol. The standard InChI is InChI=1S/C16H19N5O/c22-16(18-15-10-21-7-4-11(15)5-8-21)14-9-13(19-20-14)12-3-1-2-6-17-12/h1-3,6,9,11,15H,4-5,7-8,10H2,(H,18,22)(H,19,20)/t15-/m1/s1. The van der Waals surface area contributed by atoms with Gasteiger partial charge in [0.25, 0.3) is 5.91 Å². The van der Waals surface area contributed by atoms with E-state index >= 15 is 0 Å². The number of nitrogens with one attached hydrogen (secondary N) is 2. The van der Waals surface area contributed by atoms with Crippen LogP contribution in [0.1, 0.15) is 23.3 Å². The number of H-pyrrole nitrogens is 1. The third-order valence-corrected chi connectivity index (χ3v) is 4.72. The van der Waals surface area contributed by atoms with Gasteiger partial charge in [-0.2, -0.15) is 5.10 Å². The third kappa shape index (κ3) is 2.50. The Labute approximate surface area is 128 Å². The van der Waals surface area contributed by atoms with Crippen LogP contribution in [0, 0.1) is 5.92 Å². The molecule has 0 spiro atoms. The third-order valence-electron chi connectivity index (χ3n) is 4.72. The van der Waals surface area contributed by atoms with E-state index < -0.39 is 0 Å².